The Balaban J connectivity index is 1.29. The number of nitriles is 1. The SMILES string of the molecule is N#CC1(c2ccccc2)CCN(CCCC2(c3ccc(Cl)c(Cl)c3)CCCN(C(=O)c3ccccc3)C2)CC1. The standard InChI is InChI=1S/C33H35Cl2N3O/c34-29-14-13-28(23-30(29)35)33(16-8-20-38(25-33)31(39)26-9-3-1-4-10-26)15-7-19-37-21-17-32(24-36,18-22-37)27-11-5-2-6-12-27/h1-6,9-14,23H,7-8,15-22,25H2. The number of carbonyl (C=O) groups is 1. The zero-order valence-corrected chi connectivity index (χ0v) is 23.8. The molecule has 3 aromatic carbocycles. The van der Waals surface area contributed by atoms with E-state index in [9.17, 15) is 10.1 Å². The molecule has 2 heterocycles. The minimum atomic E-state index is -0.388. The van der Waals surface area contributed by atoms with Crippen LogP contribution < -0.4 is 0 Å². The van der Waals surface area contributed by atoms with Crippen LogP contribution in [0.4, 0.5) is 0 Å². The third kappa shape index (κ3) is 6.02. The second-order valence-electron chi connectivity index (χ2n) is 11.1. The van der Waals surface area contributed by atoms with Crippen molar-refractivity contribution in [3.8, 4) is 6.07 Å². The van der Waals surface area contributed by atoms with Gasteiger partial charge in [-0.05, 0) is 93.6 Å². The lowest BCUT2D eigenvalue weighted by Gasteiger charge is -2.44. The molecular weight excluding hydrogens is 525 g/mol. The molecule has 0 aliphatic carbocycles. The number of likely N-dealkylation sites (tertiary alicyclic amines) is 2. The lowest BCUT2D eigenvalue weighted by atomic mass is 9.70. The minimum absolute atomic E-state index is 0.0875. The summed E-state index contributed by atoms with van der Waals surface area (Å²) < 4.78 is 0. The molecule has 6 heteroatoms. The van der Waals surface area contributed by atoms with Gasteiger partial charge in [-0.2, -0.15) is 5.26 Å². The van der Waals surface area contributed by atoms with Crippen molar-refractivity contribution < 1.29 is 4.79 Å². The van der Waals surface area contributed by atoms with Gasteiger partial charge in [-0.15, -0.1) is 0 Å². The highest BCUT2D eigenvalue weighted by Gasteiger charge is 2.40. The first-order chi connectivity index (χ1) is 18.9. The summed E-state index contributed by atoms with van der Waals surface area (Å²) >= 11 is 12.8. The van der Waals surface area contributed by atoms with Gasteiger partial charge in [0.05, 0.1) is 21.5 Å². The molecule has 2 saturated heterocycles. The number of nitrogens with zero attached hydrogens (tertiary/aromatic N) is 3. The van der Waals surface area contributed by atoms with Gasteiger partial charge in [0.25, 0.3) is 5.91 Å². The maximum atomic E-state index is 13.4. The summed E-state index contributed by atoms with van der Waals surface area (Å²) in [6.07, 6.45) is 5.63. The third-order valence-electron chi connectivity index (χ3n) is 8.80. The van der Waals surface area contributed by atoms with Crippen LogP contribution in [0.2, 0.25) is 10.0 Å². The number of piperidine rings is 2. The highest BCUT2D eigenvalue weighted by molar-refractivity contribution is 6.42. The molecule has 1 unspecified atom stereocenters. The predicted molar refractivity (Wildman–Crippen MR) is 158 cm³/mol. The minimum Gasteiger partial charge on any atom is -0.338 e. The van der Waals surface area contributed by atoms with E-state index in [4.69, 9.17) is 23.2 Å². The Labute approximate surface area is 242 Å². The molecule has 4 nitrogen and oxygen atoms in total. The van der Waals surface area contributed by atoms with Crippen LogP contribution in [0.25, 0.3) is 0 Å². The monoisotopic (exact) mass is 559 g/mol. The molecule has 1 atom stereocenters. The molecule has 0 aromatic heterocycles. The predicted octanol–water partition coefficient (Wildman–Crippen LogP) is 7.50. The summed E-state index contributed by atoms with van der Waals surface area (Å²) in [5.74, 6) is 0.0875. The maximum Gasteiger partial charge on any atom is 0.253 e. The second-order valence-corrected chi connectivity index (χ2v) is 11.9. The first kappa shape index (κ1) is 27.7. The fourth-order valence-electron chi connectivity index (χ4n) is 6.50. The number of amides is 1. The van der Waals surface area contributed by atoms with E-state index >= 15 is 0 Å². The normalized spacial score (nSPS) is 21.3. The van der Waals surface area contributed by atoms with Crippen LogP contribution in [-0.4, -0.2) is 48.4 Å². The van der Waals surface area contributed by atoms with E-state index in [0.717, 1.165) is 81.4 Å². The largest absolute Gasteiger partial charge is 0.338 e. The van der Waals surface area contributed by atoms with Crippen LogP contribution in [0.3, 0.4) is 0 Å². The molecule has 39 heavy (non-hydrogen) atoms. The number of hydrogen-bond donors (Lipinski definition) is 0. The number of benzene rings is 3. The highest BCUT2D eigenvalue weighted by Crippen LogP contribution is 2.41. The molecule has 1 amide bonds. The molecule has 0 radical (unpaired) electrons. The van der Waals surface area contributed by atoms with Gasteiger partial charge >= 0.3 is 0 Å². The zero-order valence-electron chi connectivity index (χ0n) is 22.3. The Kier molecular flexibility index (Phi) is 8.62. The molecule has 0 bridgehead atoms. The molecule has 0 spiro atoms. The zero-order chi connectivity index (χ0) is 27.3. The van der Waals surface area contributed by atoms with Crippen LogP contribution in [-0.2, 0) is 10.8 Å². The molecular formula is C33H35Cl2N3O. The van der Waals surface area contributed by atoms with E-state index in [1.165, 1.54) is 0 Å². The summed E-state index contributed by atoms with van der Waals surface area (Å²) in [7, 11) is 0. The van der Waals surface area contributed by atoms with Gasteiger partial charge in [0.2, 0.25) is 0 Å². The lowest BCUT2D eigenvalue weighted by molar-refractivity contribution is 0.0618. The fourth-order valence-corrected chi connectivity index (χ4v) is 6.80. The van der Waals surface area contributed by atoms with Gasteiger partial charge in [-0.3, -0.25) is 4.79 Å². The van der Waals surface area contributed by atoms with Crippen molar-refractivity contribution in [2.75, 3.05) is 32.7 Å². The van der Waals surface area contributed by atoms with Crippen molar-refractivity contribution in [2.45, 2.75) is 49.4 Å². The van der Waals surface area contributed by atoms with Gasteiger partial charge in [0, 0.05) is 24.1 Å². The number of rotatable bonds is 7. The van der Waals surface area contributed by atoms with E-state index in [-0.39, 0.29) is 16.7 Å². The second kappa shape index (κ2) is 12.1. The Morgan fingerprint density at radius 1 is 0.846 bits per heavy atom. The van der Waals surface area contributed by atoms with E-state index in [2.05, 4.69) is 29.2 Å². The first-order valence-corrected chi connectivity index (χ1v) is 14.7. The van der Waals surface area contributed by atoms with Gasteiger partial charge in [0.1, 0.15) is 0 Å². The third-order valence-corrected chi connectivity index (χ3v) is 9.54. The molecule has 0 N–H and O–H groups in total. The Morgan fingerprint density at radius 3 is 2.21 bits per heavy atom. The van der Waals surface area contributed by atoms with Crippen LogP contribution in [0.15, 0.2) is 78.9 Å². The van der Waals surface area contributed by atoms with E-state index in [1.54, 1.807) is 0 Å². The first-order valence-electron chi connectivity index (χ1n) is 13.9. The molecule has 5 rings (SSSR count). The van der Waals surface area contributed by atoms with E-state index in [0.29, 0.717) is 16.6 Å². The van der Waals surface area contributed by atoms with Crippen molar-refractivity contribution in [1.82, 2.24) is 9.80 Å². The fraction of sp³-hybridized carbons (Fsp3) is 0.394. The molecule has 2 fully saturated rings. The van der Waals surface area contributed by atoms with Crippen LogP contribution >= 0.6 is 23.2 Å². The number of carbonyl (C=O) groups excluding carboxylic acids is 1. The molecule has 202 valence electrons. The van der Waals surface area contributed by atoms with Crippen molar-refractivity contribution in [2.24, 2.45) is 0 Å². The molecule has 2 aliphatic heterocycles. The smallest absolute Gasteiger partial charge is 0.253 e. The molecule has 2 aliphatic rings. The summed E-state index contributed by atoms with van der Waals surface area (Å²) in [5, 5.41) is 11.2. The quantitative estimate of drug-likeness (QED) is 0.301. The van der Waals surface area contributed by atoms with Crippen LogP contribution in [0, 0.1) is 11.3 Å². The van der Waals surface area contributed by atoms with Gasteiger partial charge in [-0.25, -0.2) is 0 Å². The topological polar surface area (TPSA) is 47.3 Å². The molecule has 3 aromatic rings. The van der Waals surface area contributed by atoms with Crippen molar-refractivity contribution >= 4 is 29.1 Å². The van der Waals surface area contributed by atoms with Crippen molar-refractivity contribution in [3.63, 3.8) is 0 Å². The van der Waals surface area contributed by atoms with Crippen LogP contribution in [0.5, 0.6) is 0 Å². The Bertz CT molecular complexity index is 1320. The summed E-state index contributed by atoms with van der Waals surface area (Å²) in [5.41, 5.74) is 2.47. The van der Waals surface area contributed by atoms with Crippen LogP contribution in [0.1, 0.15) is 60.0 Å². The van der Waals surface area contributed by atoms with E-state index < -0.39 is 0 Å². The summed E-state index contributed by atoms with van der Waals surface area (Å²) in [6.45, 7) is 4.25. The van der Waals surface area contributed by atoms with Gasteiger partial charge in [0.15, 0.2) is 0 Å². The average molecular weight is 561 g/mol. The van der Waals surface area contributed by atoms with E-state index in [1.807, 2.05) is 65.6 Å². The lowest BCUT2D eigenvalue weighted by Crippen LogP contribution is -2.49. The highest BCUT2D eigenvalue weighted by atomic mass is 35.5. The summed E-state index contributed by atoms with van der Waals surface area (Å²) in [6, 6.07) is 28.4. The number of halogens is 2. The van der Waals surface area contributed by atoms with Crippen molar-refractivity contribution in [3.05, 3.63) is 106 Å². The Hall–Kier alpha value is -2.84. The Morgan fingerprint density at radius 2 is 1.54 bits per heavy atom. The maximum absolute atomic E-state index is 13.4. The summed E-state index contributed by atoms with van der Waals surface area (Å²) in [4.78, 5) is 17.9. The van der Waals surface area contributed by atoms with Gasteiger partial charge < -0.3 is 9.80 Å². The number of hydrogen-bond acceptors (Lipinski definition) is 3. The van der Waals surface area contributed by atoms with Crippen molar-refractivity contribution in [1.29, 1.82) is 5.26 Å². The van der Waals surface area contributed by atoms with Gasteiger partial charge in [-0.1, -0.05) is 77.8 Å². The molecule has 0 saturated carbocycles. The average Bonchev–Trinajstić information content (AvgIpc) is 2.99.